The van der Waals surface area contributed by atoms with Crippen LogP contribution in [-0.2, 0) is 9.59 Å². The summed E-state index contributed by atoms with van der Waals surface area (Å²) in [5, 5.41) is 14.8. The van der Waals surface area contributed by atoms with Gasteiger partial charge in [0, 0.05) is 19.4 Å². The molecule has 1 aliphatic rings. The number of carbonyl (C=O) groups excluding carboxylic acids is 2. The second-order valence-corrected chi connectivity index (χ2v) is 4.43. The predicted octanol–water partition coefficient (Wildman–Crippen LogP) is -0.212. The lowest BCUT2D eigenvalue weighted by Gasteiger charge is -2.17. The smallest absolute Gasteiger partial charge is 0.242 e. The van der Waals surface area contributed by atoms with Crippen LogP contribution in [0.3, 0.4) is 0 Å². The van der Waals surface area contributed by atoms with Crippen molar-refractivity contribution >= 4 is 11.8 Å². The molecule has 0 radical (unpaired) electrons. The van der Waals surface area contributed by atoms with Crippen molar-refractivity contribution in [3.63, 3.8) is 0 Å². The van der Waals surface area contributed by atoms with Crippen molar-refractivity contribution in [3.05, 3.63) is 0 Å². The molecule has 1 rings (SSSR count). The second-order valence-electron chi connectivity index (χ2n) is 4.43. The van der Waals surface area contributed by atoms with Crippen LogP contribution in [0.1, 0.15) is 33.1 Å². The van der Waals surface area contributed by atoms with Gasteiger partial charge in [-0.1, -0.05) is 6.42 Å². The highest BCUT2D eigenvalue weighted by molar-refractivity contribution is 5.86. The summed E-state index contributed by atoms with van der Waals surface area (Å²) in [5.74, 6) is -0.258. The summed E-state index contributed by atoms with van der Waals surface area (Å²) in [6.45, 7) is 3.51. The van der Waals surface area contributed by atoms with Crippen molar-refractivity contribution in [3.8, 4) is 0 Å². The fraction of sp³-hybridized carbons (Fsp3) is 0.818. The van der Waals surface area contributed by atoms with E-state index in [1.54, 1.807) is 6.92 Å². The van der Waals surface area contributed by atoms with Crippen LogP contribution in [0.5, 0.6) is 0 Å². The maximum Gasteiger partial charge on any atom is 0.242 e. The minimum Gasteiger partial charge on any atom is -0.393 e. The summed E-state index contributed by atoms with van der Waals surface area (Å²) in [6.07, 6.45) is 2.50. The first-order chi connectivity index (χ1) is 7.50. The molecule has 1 fully saturated rings. The molecule has 5 nitrogen and oxygen atoms in total. The van der Waals surface area contributed by atoms with Gasteiger partial charge < -0.3 is 15.7 Å². The minimum absolute atomic E-state index is 0.161. The summed E-state index contributed by atoms with van der Waals surface area (Å²) in [6, 6.07) is -0.518. The van der Waals surface area contributed by atoms with Gasteiger partial charge in [-0.25, -0.2) is 0 Å². The van der Waals surface area contributed by atoms with Crippen LogP contribution in [0.2, 0.25) is 0 Å². The molecule has 5 heteroatoms. The van der Waals surface area contributed by atoms with Gasteiger partial charge in [0.1, 0.15) is 6.04 Å². The minimum atomic E-state index is -0.518. The third-order valence-corrected chi connectivity index (χ3v) is 2.97. The number of aliphatic hydroxyl groups is 1. The van der Waals surface area contributed by atoms with E-state index in [-0.39, 0.29) is 23.8 Å². The lowest BCUT2D eigenvalue weighted by atomic mass is 10.1. The summed E-state index contributed by atoms with van der Waals surface area (Å²) < 4.78 is 0. The molecule has 0 heterocycles. The Labute approximate surface area is 95.6 Å². The van der Waals surface area contributed by atoms with Crippen molar-refractivity contribution in [2.75, 3.05) is 6.54 Å². The van der Waals surface area contributed by atoms with Crippen molar-refractivity contribution in [2.45, 2.75) is 45.3 Å². The van der Waals surface area contributed by atoms with Crippen LogP contribution >= 0.6 is 0 Å². The van der Waals surface area contributed by atoms with Crippen LogP contribution in [0, 0.1) is 5.92 Å². The Hall–Kier alpha value is -1.10. The quantitative estimate of drug-likeness (QED) is 0.623. The van der Waals surface area contributed by atoms with Gasteiger partial charge in [0.05, 0.1) is 6.10 Å². The van der Waals surface area contributed by atoms with Gasteiger partial charge in [-0.2, -0.15) is 0 Å². The van der Waals surface area contributed by atoms with E-state index >= 15 is 0 Å². The zero-order chi connectivity index (χ0) is 12.1. The lowest BCUT2D eigenvalue weighted by Crippen LogP contribution is -2.45. The maximum absolute atomic E-state index is 11.5. The largest absolute Gasteiger partial charge is 0.393 e. The summed E-state index contributed by atoms with van der Waals surface area (Å²) in [7, 11) is 0. The number of amides is 2. The molecule has 1 saturated carbocycles. The third kappa shape index (κ3) is 3.81. The molecule has 1 aliphatic carbocycles. The first-order valence-corrected chi connectivity index (χ1v) is 5.73. The fourth-order valence-corrected chi connectivity index (χ4v) is 2.01. The van der Waals surface area contributed by atoms with E-state index in [0.29, 0.717) is 6.54 Å². The first-order valence-electron chi connectivity index (χ1n) is 5.73. The maximum atomic E-state index is 11.5. The summed E-state index contributed by atoms with van der Waals surface area (Å²) in [5.41, 5.74) is 0. The molecule has 16 heavy (non-hydrogen) atoms. The van der Waals surface area contributed by atoms with Crippen molar-refractivity contribution < 1.29 is 14.7 Å². The Bertz CT molecular complexity index is 268. The Morgan fingerprint density at radius 1 is 1.44 bits per heavy atom. The Balaban J connectivity index is 2.26. The Kier molecular flexibility index (Phi) is 4.73. The number of nitrogens with one attached hydrogen (secondary N) is 2. The average molecular weight is 228 g/mol. The van der Waals surface area contributed by atoms with Crippen molar-refractivity contribution in [2.24, 2.45) is 5.92 Å². The normalized spacial score (nSPS) is 26.2. The molecule has 3 atom stereocenters. The highest BCUT2D eigenvalue weighted by Crippen LogP contribution is 2.24. The van der Waals surface area contributed by atoms with Gasteiger partial charge in [-0.3, -0.25) is 9.59 Å². The monoisotopic (exact) mass is 228 g/mol. The van der Waals surface area contributed by atoms with E-state index in [4.69, 9.17) is 0 Å². The average Bonchev–Trinajstić information content (AvgIpc) is 2.59. The second kappa shape index (κ2) is 5.84. The Morgan fingerprint density at radius 3 is 2.62 bits per heavy atom. The van der Waals surface area contributed by atoms with Gasteiger partial charge in [-0.15, -0.1) is 0 Å². The van der Waals surface area contributed by atoms with E-state index < -0.39 is 6.04 Å². The fourth-order valence-electron chi connectivity index (χ4n) is 2.01. The van der Waals surface area contributed by atoms with E-state index in [0.717, 1.165) is 19.3 Å². The SMILES string of the molecule is CC(=O)NC(C)C(=O)NCC1CCCC1O. The Morgan fingerprint density at radius 2 is 2.12 bits per heavy atom. The molecule has 0 aromatic carbocycles. The summed E-state index contributed by atoms with van der Waals surface area (Å²) in [4.78, 5) is 22.3. The number of hydrogen-bond donors (Lipinski definition) is 3. The number of rotatable bonds is 4. The van der Waals surface area contributed by atoms with Gasteiger partial charge in [-0.05, 0) is 19.8 Å². The van der Waals surface area contributed by atoms with Crippen LogP contribution in [0.25, 0.3) is 0 Å². The summed E-state index contributed by atoms with van der Waals surface area (Å²) >= 11 is 0. The number of aliphatic hydroxyl groups excluding tert-OH is 1. The zero-order valence-electron chi connectivity index (χ0n) is 9.82. The van der Waals surface area contributed by atoms with E-state index in [1.165, 1.54) is 6.92 Å². The molecule has 0 aromatic heterocycles. The van der Waals surface area contributed by atoms with Gasteiger partial charge >= 0.3 is 0 Å². The highest BCUT2D eigenvalue weighted by atomic mass is 16.3. The molecule has 0 saturated heterocycles. The zero-order valence-corrected chi connectivity index (χ0v) is 9.82. The predicted molar refractivity (Wildman–Crippen MR) is 59.6 cm³/mol. The third-order valence-electron chi connectivity index (χ3n) is 2.97. The number of carbonyl (C=O) groups is 2. The van der Waals surface area contributed by atoms with Crippen molar-refractivity contribution in [1.29, 1.82) is 0 Å². The number of hydrogen-bond acceptors (Lipinski definition) is 3. The van der Waals surface area contributed by atoms with Crippen LogP contribution in [0.4, 0.5) is 0 Å². The van der Waals surface area contributed by atoms with Crippen LogP contribution < -0.4 is 10.6 Å². The highest BCUT2D eigenvalue weighted by Gasteiger charge is 2.26. The van der Waals surface area contributed by atoms with Crippen LogP contribution in [0.15, 0.2) is 0 Å². The molecule has 0 bridgehead atoms. The van der Waals surface area contributed by atoms with Gasteiger partial charge in [0.15, 0.2) is 0 Å². The van der Waals surface area contributed by atoms with Crippen molar-refractivity contribution in [1.82, 2.24) is 10.6 Å². The molecule has 92 valence electrons. The van der Waals surface area contributed by atoms with Gasteiger partial charge in [0.25, 0.3) is 0 Å². The first kappa shape index (κ1) is 13.0. The molecule has 0 spiro atoms. The molecule has 2 amide bonds. The molecular weight excluding hydrogens is 208 g/mol. The molecule has 3 unspecified atom stereocenters. The van der Waals surface area contributed by atoms with E-state index in [1.807, 2.05) is 0 Å². The lowest BCUT2D eigenvalue weighted by molar-refractivity contribution is -0.127. The molecule has 0 aliphatic heterocycles. The molecule has 3 N–H and O–H groups in total. The topological polar surface area (TPSA) is 78.4 Å². The van der Waals surface area contributed by atoms with Gasteiger partial charge in [0.2, 0.25) is 11.8 Å². The van der Waals surface area contributed by atoms with Crippen LogP contribution in [-0.4, -0.2) is 35.6 Å². The van der Waals surface area contributed by atoms with E-state index in [2.05, 4.69) is 10.6 Å². The standard InChI is InChI=1S/C11H20N2O3/c1-7(13-8(2)14)11(16)12-6-9-4-3-5-10(9)15/h7,9-10,15H,3-6H2,1-2H3,(H,12,16)(H,13,14). The molecule has 0 aromatic rings. The molecular formula is C11H20N2O3. The van der Waals surface area contributed by atoms with E-state index in [9.17, 15) is 14.7 Å².